The van der Waals surface area contributed by atoms with Crippen molar-refractivity contribution in [2.45, 2.75) is 6.54 Å². The van der Waals surface area contributed by atoms with Crippen molar-refractivity contribution in [3.8, 4) is 12.3 Å². The molecule has 0 bridgehead atoms. The van der Waals surface area contributed by atoms with Crippen molar-refractivity contribution in [1.82, 2.24) is 20.2 Å². The van der Waals surface area contributed by atoms with Gasteiger partial charge in [0.2, 0.25) is 6.33 Å². The topological polar surface area (TPSA) is 43.6 Å². The van der Waals surface area contributed by atoms with E-state index in [0.29, 0.717) is 6.54 Å². The van der Waals surface area contributed by atoms with Crippen LogP contribution < -0.4 is 0 Å². The van der Waals surface area contributed by atoms with Crippen LogP contribution in [0.5, 0.6) is 0 Å². The summed E-state index contributed by atoms with van der Waals surface area (Å²) in [5, 5.41) is 10.0. The second kappa shape index (κ2) is 2.07. The first kappa shape index (κ1) is 4.78. The molecule has 0 saturated carbocycles. The maximum absolute atomic E-state index is 4.93. The molecule has 4 nitrogen and oxygen atoms in total. The van der Waals surface area contributed by atoms with Crippen molar-refractivity contribution in [2.24, 2.45) is 0 Å². The largest absolute Gasteiger partial charge is 0.222 e. The van der Waals surface area contributed by atoms with E-state index in [2.05, 4.69) is 27.8 Å². The molecule has 39 valence electrons. The lowest BCUT2D eigenvalue weighted by atomic mass is 10.7. The lowest BCUT2D eigenvalue weighted by molar-refractivity contribution is 0.667. The van der Waals surface area contributed by atoms with E-state index in [1.807, 2.05) is 0 Å². The maximum Gasteiger partial charge on any atom is 0.222 e. The summed E-state index contributed by atoms with van der Waals surface area (Å²) >= 11 is 0. The van der Waals surface area contributed by atoms with Gasteiger partial charge in [0.15, 0.2) is 0 Å². The first-order chi connectivity index (χ1) is 3.93. The highest BCUT2D eigenvalue weighted by molar-refractivity contribution is 4.82. The monoisotopic (exact) mass is 107 g/mol. The summed E-state index contributed by atoms with van der Waals surface area (Å²) in [6, 6.07) is 0. The van der Waals surface area contributed by atoms with Gasteiger partial charge in [-0.15, -0.1) is 11.5 Å². The smallest absolute Gasteiger partial charge is 0.210 e. The zero-order valence-corrected chi connectivity index (χ0v) is 4.07. The number of terminal acetylenes is 1. The Morgan fingerprint density at radius 3 is 3.12 bits per heavy atom. The quantitative estimate of drug-likeness (QED) is 0.437. The van der Waals surface area contributed by atoms with Crippen molar-refractivity contribution in [3.63, 3.8) is 0 Å². The fourth-order valence-electron chi connectivity index (χ4n) is 0.313. The maximum atomic E-state index is 4.93. The molecule has 0 spiro atoms. The molecular formula is C4H3N4. The van der Waals surface area contributed by atoms with Crippen LogP contribution in [0.4, 0.5) is 0 Å². The number of rotatable bonds is 1. The molecule has 0 aliphatic rings. The molecule has 1 heterocycles. The molecule has 0 N–H and O–H groups in total. The van der Waals surface area contributed by atoms with Crippen molar-refractivity contribution in [3.05, 3.63) is 6.33 Å². The SMILES string of the molecule is C#CCn1[c]nnn1. The van der Waals surface area contributed by atoms with E-state index in [1.165, 1.54) is 4.68 Å². The van der Waals surface area contributed by atoms with Crippen LogP contribution >= 0.6 is 0 Å². The van der Waals surface area contributed by atoms with Crippen molar-refractivity contribution < 1.29 is 0 Å². The van der Waals surface area contributed by atoms with Gasteiger partial charge in [-0.2, -0.15) is 0 Å². The van der Waals surface area contributed by atoms with Crippen LogP contribution in [-0.2, 0) is 6.54 Å². The number of tetrazole rings is 1. The van der Waals surface area contributed by atoms with Gasteiger partial charge in [0.1, 0.15) is 6.54 Å². The van der Waals surface area contributed by atoms with Gasteiger partial charge < -0.3 is 0 Å². The summed E-state index contributed by atoms with van der Waals surface area (Å²) in [4.78, 5) is 0. The summed E-state index contributed by atoms with van der Waals surface area (Å²) in [5.41, 5.74) is 0. The molecule has 1 rings (SSSR count). The number of aromatic nitrogens is 4. The minimum Gasteiger partial charge on any atom is -0.210 e. The minimum absolute atomic E-state index is 0.382. The van der Waals surface area contributed by atoms with Crippen LogP contribution in [0.15, 0.2) is 0 Å². The van der Waals surface area contributed by atoms with Gasteiger partial charge in [0.05, 0.1) is 0 Å². The second-order valence-electron chi connectivity index (χ2n) is 1.14. The van der Waals surface area contributed by atoms with Gasteiger partial charge >= 0.3 is 0 Å². The Hall–Kier alpha value is -1.37. The van der Waals surface area contributed by atoms with E-state index in [4.69, 9.17) is 6.42 Å². The molecule has 0 aliphatic carbocycles. The molecule has 1 aromatic rings. The predicted molar refractivity (Wildman–Crippen MR) is 25.5 cm³/mol. The van der Waals surface area contributed by atoms with Crippen LogP contribution in [0.1, 0.15) is 0 Å². The first-order valence-corrected chi connectivity index (χ1v) is 2.01. The van der Waals surface area contributed by atoms with Crippen LogP contribution in [-0.4, -0.2) is 20.2 Å². The molecule has 0 aromatic carbocycles. The Morgan fingerprint density at radius 2 is 2.62 bits per heavy atom. The van der Waals surface area contributed by atoms with Crippen LogP contribution in [0.2, 0.25) is 0 Å². The Bertz CT molecular complexity index is 182. The van der Waals surface area contributed by atoms with E-state index in [-0.39, 0.29) is 0 Å². The molecule has 1 radical (unpaired) electrons. The summed E-state index contributed by atoms with van der Waals surface area (Å²) in [6.07, 6.45) is 7.37. The van der Waals surface area contributed by atoms with Crippen molar-refractivity contribution >= 4 is 0 Å². The van der Waals surface area contributed by atoms with Gasteiger partial charge in [-0.05, 0) is 10.4 Å². The average molecular weight is 107 g/mol. The second-order valence-corrected chi connectivity index (χ2v) is 1.14. The molecule has 1 aromatic heterocycles. The highest BCUT2D eigenvalue weighted by Crippen LogP contribution is 1.70. The third kappa shape index (κ3) is 0.819. The third-order valence-electron chi connectivity index (χ3n) is 0.594. The summed E-state index contributed by atoms with van der Waals surface area (Å²) < 4.78 is 1.35. The highest BCUT2D eigenvalue weighted by Gasteiger charge is 1.84. The van der Waals surface area contributed by atoms with Gasteiger partial charge in [-0.3, -0.25) is 0 Å². The molecule has 0 aliphatic heterocycles. The van der Waals surface area contributed by atoms with E-state index < -0.39 is 0 Å². The van der Waals surface area contributed by atoms with Gasteiger partial charge in [0, 0.05) is 0 Å². The average Bonchev–Trinajstić information content (AvgIpc) is 2.19. The summed E-state index contributed by atoms with van der Waals surface area (Å²) in [5.74, 6) is 2.36. The Kier molecular flexibility index (Phi) is 1.24. The zero-order valence-electron chi connectivity index (χ0n) is 4.07. The van der Waals surface area contributed by atoms with Gasteiger partial charge in [-0.25, -0.2) is 4.68 Å². The number of nitrogens with zero attached hydrogens (tertiary/aromatic N) is 4. The Labute approximate surface area is 46.5 Å². The Morgan fingerprint density at radius 1 is 1.75 bits per heavy atom. The lowest BCUT2D eigenvalue weighted by Gasteiger charge is -1.81. The fourth-order valence-corrected chi connectivity index (χ4v) is 0.313. The highest BCUT2D eigenvalue weighted by atomic mass is 15.5. The molecular weight excluding hydrogens is 104 g/mol. The number of hydrogen-bond donors (Lipinski definition) is 0. The van der Waals surface area contributed by atoms with E-state index in [9.17, 15) is 0 Å². The van der Waals surface area contributed by atoms with Crippen LogP contribution in [0, 0.1) is 18.7 Å². The summed E-state index contributed by atoms with van der Waals surface area (Å²) in [6.45, 7) is 0.382. The normalized spacial score (nSPS) is 8.38. The molecule has 8 heavy (non-hydrogen) atoms. The van der Waals surface area contributed by atoms with E-state index in [1.54, 1.807) is 0 Å². The molecule has 0 fully saturated rings. The standard InChI is InChI=1S/C4H3N4/c1-2-3-8-4-5-6-7-8/h1H,3H2. The summed E-state index contributed by atoms with van der Waals surface area (Å²) in [7, 11) is 0. The van der Waals surface area contributed by atoms with Crippen molar-refractivity contribution in [2.75, 3.05) is 0 Å². The molecule has 0 unspecified atom stereocenters. The van der Waals surface area contributed by atoms with Crippen molar-refractivity contribution in [1.29, 1.82) is 0 Å². The van der Waals surface area contributed by atoms with Crippen LogP contribution in [0.3, 0.4) is 0 Å². The van der Waals surface area contributed by atoms with Gasteiger partial charge in [0.25, 0.3) is 0 Å². The van der Waals surface area contributed by atoms with E-state index >= 15 is 0 Å². The minimum atomic E-state index is 0.382. The first-order valence-electron chi connectivity index (χ1n) is 2.01. The fraction of sp³-hybridized carbons (Fsp3) is 0.250. The Balaban J connectivity index is 2.67. The van der Waals surface area contributed by atoms with Crippen LogP contribution in [0.25, 0.3) is 0 Å². The predicted octanol–water partition coefficient (Wildman–Crippen LogP) is -0.894. The zero-order chi connectivity index (χ0) is 5.82. The van der Waals surface area contributed by atoms with Gasteiger partial charge in [-0.1, -0.05) is 5.92 Å². The molecule has 0 atom stereocenters. The van der Waals surface area contributed by atoms with E-state index in [0.717, 1.165) is 0 Å². The molecule has 0 amide bonds. The third-order valence-corrected chi connectivity index (χ3v) is 0.594. The number of hydrogen-bond acceptors (Lipinski definition) is 3. The molecule has 4 heteroatoms. The molecule has 0 saturated heterocycles. The lowest BCUT2D eigenvalue weighted by Crippen LogP contribution is -1.95.